The number of hydrogen-bond donors (Lipinski definition) is 1. The summed E-state index contributed by atoms with van der Waals surface area (Å²) in [5.41, 5.74) is -0.881. The fourth-order valence-electron chi connectivity index (χ4n) is 4.21. The summed E-state index contributed by atoms with van der Waals surface area (Å²) >= 11 is 0. The molecular weight excluding hydrogens is 359 g/mol. The van der Waals surface area contributed by atoms with Gasteiger partial charge in [-0.05, 0) is 31.6 Å². The van der Waals surface area contributed by atoms with Crippen molar-refractivity contribution in [3.8, 4) is 0 Å². The van der Waals surface area contributed by atoms with Gasteiger partial charge in [0.05, 0.1) is 0 Å². The lowest BCUT2D eigenvalue weighted by Gasteiger charge is -2.40. The van der Waals surface area contributed by atoms with Gasteiger partial charge in [0.2, 0.25) is 5.91 Å². The molecule has 1 amide bonds. The second kappa shape index (κ2) is 7.26. The average molecular weight is 383 g/mol. The van der Waals surface area contributed by atoms with Crippen LogP contribution in [-0.4, -0.2) is 59.0 Å². The topological polar surface area (TPSA) is 61.4 Å². The SMILES string of the molecule is O=C1CC(CN2CCC(N(c3cc(C(F)(F)F)ncn3)C3CC3)CC2)CN1. The fourth-order valence-corrected chi connectivity index (χ4v) is 4.21. The maximum atomic E-state index is 13.0. The first kappa shape index (κ1) is 18.5. The van der Waals surface area contributed by atoms with Crippen LogP contribution in [0.15, 0.2) is 12.4 Å². The first-order valence-electron chi connectivity index (χ1n) is 9.57. The van der Waals surface area contributed by atoms with Gasteiger partial charge in [-0.2, -0.15) is 13.2 Å². The molecule has 1 aliphatic carbocycles. The lowest BCUT2D eigenvalue weighted by atomic mass is 10.0. The third-order valence-corrected chi connectivity index (χ3v) is 5.68. The highest BCUT2D eigenvalue weighted by Crippen LogP contribution is 2.37. The maximum absolute atomic E-state index is 13.0. The van der Waals surface area contributed by atoms with Crippen LogP contribution in [-0.2, 0) is 11.0 Å². The number of anilines is 1. The number of rotatable bonds is 5. The van der Waals surface area contributed by atoms with Gasteiger partial charge < -0.3 is 15.1 Å². The summed E-state index contributed by atoms with van der Waals surface area (Å²) < 4.78 is 39.1. The molecule has 0 bridgehead atoms. The number of nitrogens with zero attached hydrogens (tertiary/aromatic N) is 4. The standard InChI is InChI=1S/C18H24F3N5O/c19-18(20,21)15-8-16(24-11-23-15)26(13-1-2-13)14-3-5-25(6-4-14)10-12-7-17(27)22-9-12/h8,11-14H,1-7,9-10H2,(H,22,27). The summed E-state index contributed by atoms with van der Waals surface area (Å²) in [7, 11) is 0. The average Bonchev–Trinajstić information content (AvgIpc) is 3.38. The van der Waals surface area contributed by atoms with Gasteiger partial charge in [0.25, 0.3) is 0 Å². The molecule has 3 fully saturated rings. The van der Waals surface area contributed by atoms with Gasteiger partial charge in [0, 0.05) is 50.7 Å². The molecule has 0 radical (unpaired) electrons. The summed E-state index contributed by atoms with van der Waals surface area (Å²) in [6.07, 6.45) is 0.958. The highest BCUT2D eigenvalue weighted by Gasteiger charge is 2.39. The molecule has 3 aliphatic rings. The van der Waals surface area contributed by atoms with Gasteiger partial charge in [-0.1, -0.05) is 0 Å². The quantitative estimate of drug-likeness (QED) is 0.844. The van der Waals surface area contributed by atoms with Crippen molar-refractivity contribution in [2.75, 3.05) is 31.1 Å². The maximum Gasteiger partial charge on any atom is 0.433 e. The number of piperidine rings is 1. The third kappa shape index (κ3) is 4.34. The van der Waals surface area contributed by atoms with E-state index >= 15 is 0 Å². The molecule has 2 saturated heterocycles. The Balaban J connectivity index is 1.40. The van der Waals surface area contributed by atoms with Crippen LogP contribution in [0.5, 0.6) is 0 Å². The van der Waals surface area contributed by atoms with E-state index in [2.05, 4.69) is 25.1 Å². The molecular formula is C18H24F3N5O. The van der Waals surface area contributed by atoms with Crippen LogP contribution in [0.4, 0.5) is 19.0 Å². The van der Waals surface area contributed by atoms with Gasteiger partial charge in [0.15, 0.2) is 0 Å². The molecule has 2 aliphatic heterocycles. The van der Waals surface area contributed by atoms with E-state index in [4.69, 9.17) is 0 Å². The Labute approximate surface area is 156 Å². The Morgan fingerprint density at radius 2 is 1.85 bits per heavy atom. The molecule has 0 spiro atoms. The van der Waals surface area contributed by atoms with E-state index in [0.717, 1.165) is 64.3 Å². The number of alkyl halides is 3. The molecule has 1 atom stereocenters. The Hall–Kier alpha value is -1.90. The fraction of sp³-hybridized carbons (Fsp3) is 0.722. The Bertz CT molecular complexity index is 686. The lowest BCUT2D eigenvalue weighted by Crippen LogP contribution is -2.47. The molecule has 3 heterocycles. The number of likely N-dealkylation sites (tertiary alicyclic amines) is 1. The van der Waals surface area contributed by atoms with E-state index in [1.165, 1.54) is 0 Å². The van der Waals surface area contributed by atoms with E-state index in [-0.39, 0.29) is 18.0 Å². The largest absolute Gasteiger partial charge is 0.433 e. The van der Waals surface area contributed by atoms with Gasteiger partial charge in [-0.15, -0.1) is 0 Å². The predicted molar refractivity (Wildman–Crippen MR) is 93.1 cm³/mol. The van der Waals surface area contributed by atoms with Crippen LogP contribution in [0.3, 0.4) is 0 Å². The zero-order valence-corrected chi connectivity index (χ0v) is 15.1. The Morgan fingerprint density at radius 1 is 1.15 bits per heavy atom. The van der Waals surface area contributed by atoms with Gasteiger partial charge >= 0.3 is 6.18 Å². The van der Waals surface area contributed by atoms with Crippen LogP contribution < -0.4 is 10.2 Å². The minimum absolute atomic E-state index is 0.124. The van der Waals surface area contributed by atoms with E-state index < -0.39 is 11.9 Å². The van der Waals surface area contributed by atoms with Crippen molar-refractivity contribution in [3.63, 3.8) is 0 Å². The van der Waals surface area contributed by atoms with Crippen LogP contribution in [0.1, 0.15) is 37.8 Å². The first-order valence-corrected chi connectivity index (χ1v) is 9.57. The van der Waals surface area contributed by atoms with Gasteiger partial charge in [0.1, 0.15) is 17.8 Å². The van der Waals surface area contributed by atoms with Crippen molar-refractivity contribution >= 4 is 11.7 Å². The molecule has 1 aromatic rings. The minimum atomic E-state index is -4.46. The number of nitrogens with one attached hydrogen (secondary N) is 1. The van der Waals surface area contributed by atoms with Crippen molar-refractivity contribution in [2.45, 2.75) is 50.4 Å². The van der Waals surface area contributed by atoms with Crippen LogP contribution >= 0.6 is 0 Å². The van der Waals surface area contributed by atoms with Gasteiger partial charge in [-0.3, -0.25) is 4.79 Å². The van der Waals surface area contributed by atoms with Gasteiger partial charge in [-0.25, -0.2) is 9.97 Å². The smallest absolute Gasteiger partial charge is 0.356 e. The third-order valence-electron chi connectivity index (χ3n) is 5.68. The Morgan fingerprint density at radius 3 is 2.44 bits per heavy atom. The van der Waals surface area contributed by atoms with Crippen molar-refractivity contribution in [2.24, 2.45) is 5.92 Å². The summed E-state index contributed by atoms with van der Waals surface area (Å²) in [6, 6.07) is 1.57. The lowest BCUT2D eigenvalue weighted by molar-refractivity contribution is -0.141. The molecule has 148 valence electrons. The Kier molecular flexibility index (Phi) is 4.96. The van der Waals surface area contributed by atoms with Crippen LogP contribution in [0.2, 0.25) is 0 Å². The molecule has 6 nitrogen and oxygen atoms in total. The van der Waals surface area contributed by atoms with Crippen molar-refractivity contribution in [1.29, 1.82) is 0 Å². The molecule has 27 heavy (non-hydrogen) atoms. The number of carbonyl (C=O) groups excluding carboxylic acids is 1. The molecule has 1 unspecified atom stereocenters. The second-order valence-corrected chi connectivity index (χ2v) is 7.80. The first-order chi connectivity index (χ1) is 12.9. The summed E-state index contributed by atoms with van der Waals surface area (Å²) in [6.45, 7) is 3.44. The highest BCUT2D eigenvalue weighted by molar-refractivity contribution is 5.78. The summed E-state index contributed by atoms with van der Waals surface area (Å²) in [4.78, 5) is 23.4. The molecule has 9 heteroatoms. The zero-order chi connectivity index (χ0) is 19.0. The number of halogens is 3. The van der Waals surface area contributed by atoms with Crippen molar-refractivity contribution < 1.29 is 18.0 Å². The number of amides is 1. The van der Waals surface area contributed by atoms with Crippen LogP contribution in [0.25, 0.3) is 0 Å². The van der Waals surface area contributed by atoms with E-state index in [1.807, 2.05) is 0 Å². The summed E-state index contributed by atoms with van der Waals surface area (Å²) in [5.74, 6) is 0.882. The molecule has 1 aromatic heterocycles. The number of aromatic nitrogens is 2. The van der Waals surface area contributed by atoms with E-state index in [0.29, 0.717) is 18.2 Å². The van der Waals surface area contributed by atoms with Crippen molar-refractivity contribution in [1.82, 2.24) is 20.2 Å². The molecule has 1 N–H and O–H groups in total. The molecule has 4 rings (SSSR count). The highest BCUT2D eigenvalue weighted by atomic mass is 19.4. The number of hydrogen-bond acceptors (Lipinski definition) is 5. The molecule has 1 saturated carbocycles. The van der Waals surface area contributed by atoms with Crippen molar-refractivity contribution in [3.05, 3.63) is 18.1 Å². The monoisotopic (exact) mass is 383 g/mol. The number of carbonyl (C=O) groups is 1. The predicted octanol–water partition coefficient (Wildman–Crippen LogP) is 2.06. The normalized spacial score (nSPS) is 24.9. The van der Waals surface area contributed by atoms with E-state index in [1.54, 1.807) is 0 Å². The molecule has 0 aromatic carbocycles. The minimum Gasteiger partial charge on any atom is -0.356 e. The van der Waals surface area contributed by atoms with Crippen LogP contribution in [0, 0.1) is 5.92 Å². The summed E-state index contributed by atoms with van der Waals surface area (Å²) in [5, 5.41) is 2.87. The zero-order valence-electron chi connectivity index (χ0n) is 15.1. The van der Waals surface area contributed by atoms with E-state index in [9.17, 15) is 18.0 Å². The second-order valence-electron chi connectivity index (χ2n) is 7.80.